The maximum absolute atomic E-state index is 12.1. The molecule has 1 aromatic rings. The number of nitrogens with one attached hydrogen (secondary N) is 2. The van der Waals surface area contributed by atoms with Crippen molar-refractivity contribution in [2.24, 2.45) is 5.41 Å². The highest BCUT2D eigenvalue weighted by atomic mass is 16.1. The molecule has 0 aromatic carbocycles. The lowest BCUT2D eigenvalue weighted by atomic mass is 9.81. The summed E-state index contributed by atoms with van der Waals surface area (Å²) in [6.07, 6.45) is 3.87. The van der Waals surface area contributed by atoms with Gasteiger partial charge in [-0.3, -0.25) is 9.78 Å². The summed E-state index contributed by atoms with van der Waals surface area (Å²) in [5, 5.41) is 6.36. The molecule has 0 radical (unpaired) electrons. The summed E-state index contributed by atoms with van der Waals surface area (Å²) in [4.78, 5) is 16.2. The number of pyridine rings is 1. The van der Waals surface area contributed by atoms with Gasteiger partial charge in [0.1, 0.15) is 5.69 Å². The lowest BCUT2D eigenvalue weighted by molar-refractivity contribution is 0.0916. The van der Waals surface area contributed by atoms with E-state index < -0.39 is 0 Å². The van der Waals surface area contributed by atoms with E-state index in [1.54, 1.807) is 6.20 Å². The summed E-state index contributed by atoms with van der Waals surface area (Å²) < 4.78 is 0. The van der Waals surface area contributed by atoms with Gasteiger partial charge in [0.05, 0.1) is 0 Å². The topological polar surface area (TPSA) is 54.0 Å². The highest BCUT2D eigenvalue weighted by Crippen LogP contribution is 2.26. The summed E-state index contributed by atoms with van der Waals surface area (Å²) in [5.74, 6) is -0.0622. The molecular formula is C14H21N3O. The molecule has 2 heterocycles. The predicted molar refractivity (Wildman–Crippen MR) is 71.5 cm³/mol. The van der Waals surface area contributed by atoms with E-state index in [1.807, 2.05) is 19.1 Å². The number of amides is 1. The van der Waals surface area contributed by atoms with Crippen molar-refractivity contribution in [1.82, 2.24) is 15.6 Å². The summed E-state index contributed by atoms with van der Waals surface area (Å²) in [7, 11) is 0. The van der Waals surface area contributed by atoms with Crippen LogP contribution in [0.2, 0.25) is 0 Å². The first-order valence-electron chi connectivity index (χ1n) is 6.51. The Balaban J connectivity index is 1.94. The second kappa shape index (κ2) is 5.48. The van der Waals surface area contributed by atoms with Crippen LogP contribution in [0.3, 0.4) is 0 Å². The Morgan fingerprint density at radius 1 is 1.50 bits per heavy atom. The third kappa shape index (κ3) is 3.07. The second-order valence-electron chi connectivity index (χ2n) is 5.41. The molecule has 0 unspecified atom stereocenters. The lowest BCUT2D eigenvalue weighted by Gasteiger charge is -2.34. The van der Waals surface area contributed by atoms with Crippen LogP contribution in [-0.2, 0) is 0 Å². The predicted octanol–water partition coefficient (Wildman–Crippen LogP) is 1.51. The number of hydrogen-bond donors (Lipinski definition) is 2. The van der Waals surface area contributed by atoms with Crippen molar-refractivity contribution in [2.45, 2.75) is 26.7 Å². The number of aromatic nitrogens is 1. The average Bonchev–Trinajstić information content (AvgIpc) is 2.38. The third-order valence-corrected chi connectivity index (χ3v) is 3.71. The van der Waals surface area contributed by atoms with Crippen molar-refractivity contribution in [2.75, 3.05) is 19.6 Å². The van der Waals surface area contributed by atoms with Gasteiger partial charge in [0.25, 0.3) is 5.91 Å². The Bertz CT molecular complexity index is 425. The van der Waals surface area contributed by atoms with E-state index >= 15 is 0 Å². The van der Waals surface area contributed by atoms with Gasteiger partial charge in [-0.1, -0.05) is 13.0 Å². The van der Waals surface area contributed by atoms with E-state index in [1.165, 1.54) is 0 Å². The van der Waals surface area contributed by atoms with Gasteiger partial charge in [0.2, 0.25) is 0 Å². The standard InChI is InChI=1S/C14H21N3O/c1-11-4-3-7-16-12(11)13(18)17-10-14(2)5-8-15-9-6-14/h3-4,7,15H,5-6,8-10H2,1-2H3,(H,17,18). The van der Waals surface area contributed by atoms with E-state index in [0.717, 1.165) is 38.0 Å². The molecule has 1 amide bonds. The highest BCUT2D eigenvalue weighted by Gasteiger charge is 2.27. The van der Waals surface area contributed by atoms with E-state index in [9.17, 15) is 4.79 Å². The first kappa shape index (κ1) is 13.0. The Morgan fingerprint density at radius 3 is 2.89 bits per heavy atom. The van der Waals surface area contributed by atoms with Crippen molar-refractivity contribution < 1.29 is 4.79 Å². The van der Waals surface area contributed by atoms with Gasteiger partial charge < -0.3 is 10.6 Å². The smallest absolute Gasteiger partial charge is 0.270 e. The fourth-order valence-corrected chi connectivity index (χ4v) is 2.31. The number of rotatable bonds is 3. The normalized spacial score (nSPS) is 18.3. The van der Waals surface area contributed by atoms with Crippen LogP contribution in [0.1, 0.15) is 35.8 Å². The molecule has 0 aliphatic carbocycles. The number of aryl methyl sites for hydroxylation is 1. The first-order valence-corrected chi connectivity index (χ1v) is 6.51. The minimum Gasteiger partial charge on any atom is -0.350 e. The number of nitrogens with zero attached hydrogens (tertiary/aromatic N) is 1. The van der Waals surface area contributed by atoms with Crippen molar-refractivity contribution in [3.05, 3.63) is 29.6 Å². The zero-order valence-corrected chi connectivity index (χ0v) is 11.1. The van der Waals surface area contributed by atoms with E-state index in [0.29, 0.717) is 5.69 Å². The summed E-state index contributed by atoms with van der Waals surface area (Å²) in [6, 6.07) is 3.76. The molecule has 2 N–H and O–H groups in total. The van der Waals surface area contributed by atoms with Crippen LogP contribution in [0.5, 0.6) is 0 Å². The van der Waals surface area contributed by atoms with Gasteiger partial charge >= 0.3 is 0 Å². The molecule has 4 heteroatoms. The van der Waals surface area contributed by atoms with Gasteiger partial charge in [-0.15, -0.1) is 0 Å². The molecule has 0 atom stereocenters. The van der Waals surface area contributed by atoms with Gasteiger partial charge in [-0.25, -0.2) is 0 Å². The Morgan fingerprint density at radius 2 is 2.22 bits per heavy atom. The first-order chi connectivity index (χ1) is 8.61. The maximum atomic E-state index is 12.1. The fraction of sp³-hybridized carbons (Fsp3) is 0.571. The molecule has 0 saturated carbocycles. The van der Waals surface area contributed by atoms with Crippen LogP contribution in [-0.4, -0.2) is 30.5 Å². The lowest BCUT2D eigenvalue weighted by Crippen LogP contribution is -2.43. The monoisotopic (exact) mass is 247 g/mol. The van der Waals surface area contributed by atoms with Crippen LogP contribution in [0.15, 0.2) is 18.3 Å². The van der Waals surface area contributed by atoms with Crippen molar-refractivity contribution in [1.29, 1.82) is 0 Å². The Hall–Kier alpha value is -1.42. The van der Waals surface area contributed by atoms with Gasteiger partial charge in [-0.05, 0) is 49.9 Å². The van der Waals surface area contributed by atoms with Crippen molar-refractivity contribution >= 4 is 5.91 Å². The Kier molecular flexibility index (Phi) is 3.97. The second-order valence-corrected chi connectivity index (χ2v) is 5.41. The highest BCUT2D eigenvalue weighted by molar-refractivity contribution is 5.93. The number of carbonyl (C=O) groups is 1. The zero-order chi connectivity index (χ0) is 13.0. The quantitative estimate of drug-likeness (QED) is 0.851. The number of carbonyl (C=O) groups excluding carboxylic acids is 1. The molecule has 1 aromatic heterocycles. The van der Waals surface area contributed by atoms with Crippen LogP contribution in [0, 0.1) is 12.3 Å². The fourth-order valence-electron chi connectivity index (χ4n) is 2.31. The maximum Gasteiger partial charge on any atom is 0.270 e. The van der Waals surface area contributed by atoms with Crippen molar-refractivity contribution in [3.8, 4) is 0 Å². The zero-order valence-electron chi connectivity index (χ0n) is 11.1. The molecule has 98 valence electrons. The molecule has 4 nitrogen and oxygen atoms in total. The molecular weight excluding hydrogens is 226 g/mol. The summed E-state index contributed by atoms with van der Waals surface area (Å²) >= 11 is 0. The summed E-state index contributed by atoms with van der Waals surface area (Å²) in [5.41, 5.74) is 1.67. The van der Waals surface area contributed by atoms with Crippen LogP contribution in [0.25, 0.3) is 0 Å². The van der Waals surface area contributed by atoms with E-state index in [4.69, 9.17) is 0 Å². The Labute approximate surface area is 108 Å². The molecule has 1 aliphatic rings. The molecule has 0 spiro atoms. The largest absolute Gasteiger partial charge is 0.350 e. The minimum atomic E-state index is -0.0622. The average molecular weight is 247 g/mol. The number of piperidine rings is 1. The molecule has 1 fully saturated rings. The summed E-state index contributed by atoms with van der Waals surface area (Å²) in [6.45, 7) is 6.95. The number of hydrogen-bond acceptors (Lipinski definition) is 3. The van der Waals surface area contributed by atoms with Gasteiger partial charge in [-0.2, -0.15) is 0 Å². The molecule has 1 aliphatic heterocycles. The van der Waals surface area contributed by atoms with E-state index in [2.05, 4.69) is 22.5 Å². The molecule has 1 saturated heterocycles. The molecule has 0 bridgehead atoms. The SMILES string of the molecule is Cc1cccnc1C(=O)NCC1(C)CCNCC1. The molecule has 2 rings (SSSR count). The third-order valence-electron chi connectivity index (χ3n) is 3.71. The van der Waals surface area contributed by atoms with Crippen LogP contribution < -0.4 is 10.6 Å². The van der Waals surface area contributed by atoms with Gasteiger partial charge in [0.15, 0.2) is 0 Å². The van der Waals surface area contributed by atoms with Gasteiger partial charge in [0, 0.05) is 12.7 Å². The minimum absolute atomic E-state index is 0.0622. The van der Waals surface area contributed by atoms with Crippen LogP contribution >= 0.6 is 0 Å². The van der Waals surface area contributed by atoms with Crippen LogP contribution in [0.4, 0.5) is 0 Å². The van der Waals surface area contributed by atoms with E-state index in [-0.39, 0.29) is 11.3 Å². The van der Waals surface area contributed by atoms with Crippen molar-refractivity contribution in [3.63, 3.8) is 0 Å². The molecule has 18 heavy (non-hydrogen) atoms.